The van der Waals surface area contributed by atoms with E-state index in [-0.39, 0.29) is 6.54 Å². The van der Waals surface area contributed by atoms with Crippen LogP contribution in [0.5, 0.6) is 0 Å². The highest BCUT2D eigenvalue weighted by molar-refractivity contribution is 5.79. The molecule has 0 fully saturated rings. The van der Waals surface area contributed by atoms with Crippen molar-refractivity contribution < 1.29 is 9.52 Å². The summed E-state index contributed by atoms with van der Waals surface area (Å²) in [7, 11) is 0. The lowest BCUT2D eigenvalue weighted by molar-refractivity contribution is 0.0386. The van der Waals surface area contributed by atoms with Crippen molar-refractivity contribution >= 4 is 11.6 Å². The highest BCUT2D eigenvalue weighted by atomic mass is 16.4. The zero-order valence-electron chi connectivity index (χ0n) is 15.4. The van der Waals surface area contributed by atoms with Crippen LogP contribution in [-0.2, 0) is 12.1 Å². The number of aliphatic imine (C=N–C) groups is 1. The molecule has 3 heterocycles. The van der Waals surface area contributed by atoms with Gasteiger partial charge >= 0.3 is 0 Å². The molecule has 0 radical (unpaired) electrons. The molecule has 0 aliphatic rings. The van der Waals surface area contributed by atoms with E-state index in [1.54, 1.807) is 25.3 Å². The summed E-state index contributed by atoms with van der Waals surface area (Å²) in [4.78, 5) is 9.16. The first kappa shape index (κ1) is 18.0. The van der Waals surface area contributed by atoms with Crippen LogP contribution in [0.15, 0.2) is 52.2 Å². The van der Waals surface area contributed by atoms with Gasteiger partial charge < -0.3 is 24.6 Å². The van der Waals surface area contributed by atoms with Gasteiger partial charge in [-0.2, -0.15) is 0 Å². The van der Waals surface area contributed by atoms with E-state index < -0.39 is 5.60 Å². The number of guanidine groups is 1. The zero-order chi connectivity index (χ0) is 18.6. The first-order chi connectivity index (χ1) is 12.5. The Hall–Kier alpha value is -2.80. The van der Waals surface area contributed by atoms with Gasteiger partial charge in [0.05, 0.1) is 25.0 Å². The molecule has 1 unspecified atom stereocenters. The molecular weight excluding hydrogens is 330 g/mol. The second-order valence-corrected chi connectivity index (χ2v) is 6.43. The molecule has 138 valence electrons. The predicted molar refractivity (Wildman–Crippen MR) is 101 cm³/mol. The van der Waals surface area contributed by atoms with E-state index >= 15 is 0 Å². The number of aliphatic hydroxyl groups is 1. The molecule has 3 N–H and O–H groups in total. The Labute approximate surface area is 152 Å². The SMILES string of the molecule is CCNC(=NCc1cn2c(C)cccc2n1)NCC(C)(O)c1ccco1. The molecule has 3 rings (SSSR count). The quantitative estimate of drug-likeness (QED) is 0.466. The first-order valence-corrected chi connectivity index (χ1v) is 8.72. The van der Waals surface area contributed by atoms with E-state index in [0.717, 1.165) is 23.6 Å². The molecule has 3 aromatic rings. The van der Waals surface area contributed by atoms with E-state index in [1.807, 2.05) is 42.6 Å². The number of aromatic nitrogens is 2. The number of hydrogen-bond donors (Lipinski definition) is 3. The highest BCUT2D eigenvalue weighted by Crippen LogP contribution is 2.19. The van der Waals surface area contributed by atoms with Gasteiger partial charge in [0.25, 0.3) is 0 Å². The maximum atomic E-state index is 10.5. The van der Waals surface area contributed by atoms with Crippen molar-refractivity contribution in [1.82, 2.24) is 20.0 Å². The van der Waals surface area contributed by atoms with Gasteiger partial charge in [-0.1, -0.05) is 6.07 Å². The standard InChI is InChI=1S/C19H25N5O2/c1-4-20-18(22-13-19(3,25)16-8-6-10-26-16)21-11-15-12-24-14(2)7-5-9-17(24)23-15/h5-10,12,25H,4,11,13H2,1-3H3,(H2,20,21,22). The Morgan fingerprint density at radius 3 is 2.85 bits per heavy atom. The third-order valence-corrected chi connectivity index (χ3v) is 4.14. The number of nitrogens with zero attached hydrogens (tertiary/aromatic N) is 3. The molecule has 7 nitrogen and oxygen atoms in total. The van der Waals surface area contributed by atoms with Crippen molar-refractivity contribution in [1.29, 1.82) is 0 Å². The van der Waals surface area contributed by atoms with E-state index in [1.165, 1.54) is 0 Å². The number of fused-ring (bicyclic) bond motifs is 1. The minimum atomic E-state index is -1.13. The second-order valence-electron chi connectivity index (χ2n) is 6.43. The Bertz CT molecular complexity index is 881. The summed E-state index contributed by atoms with van der Waals surface area (Å²) in [5.41, 5.74) is 1.80. The van der Waals surface area contributed by atoms with Gasteiger partial charge in [-0.3, -0.25) is 0 Å². The summed E-state index contributed by atoms with van der Waals surface area (Å²) in [5, 5.41) is 16.9. The number of hydrogen-bond acceptors (Lipinski definition) is 4. The molecule has 0 saturated heterocycles. The average Bonchev–Trinajstić information content (AvgIpc) is 3.28. The molecule has 7 heteroatoms. The highest BCUT2D eigenvalue weighted by Gasteiger charge is 2.26. The van der Waals surface area contributed by atoms with Crippen molar-refractivity contribution in [3.63, 3.8) is 0 Å². The molecule has 26 heavy (non-hydrogen) atoms. The molecule has 3 aromatic heterocycles. The van der Waals surface area contributed by atoms with Gasteiger partial charge in [-0.15, -0.1) is 0 Å². The Kier molecular flexibility index (Phi) is 5.27. The molecule has 0 amide bonds. The summed E-state index contributed by atoms with van der Waals surface area (Å²) in [5.74, 6) is 1.13. The van der Waals surface area contributed by atoms with Gasteiger partial charge in [0.2, 0.25) is 0 Å². The number of aryl methyl sites for hydroxylation is 1. The summed E-state index contributed by atoms with van der Waals surface area (Å²) >= 11 is 0. The Morgan fingerprint density at radius 1 is 1.31 bits per heavy atom. The zero-order valence-corrected chi connectivity index (χ0v) is 15.4. The fraction of sp³-hybridized carbons (Fsp3) is 0.368. The number of nitrogens with one attached hydrogen (secondary N) is 2. The largest absolute Gasteiger partial charge is 0.466 e. The smallest absolute Gasteiger partial charge is 0.191 e. The summed E-state index contributed by atoms with van der Waals surface area (Å²) < 4.78 is 7.35. The fourth-order valence-electron chi connectivity index (χ4n) is 2.70. The lowest BCUT2D eigenvalue weighted by Gasteiger charge is -2.22. The van der Waals surface area contributed by atoms with Crippen molar-refractivity contribution in [2.45, 2.75) is 32.9 Å². The van der Waals surface area contributed by atoms with Gasteiger partial charge in [0.1, 0.15) is 17.0 Å². The van der Waals surface area contributed by atoms with E-state index in [0.29, 0.717) is 18.3 Å². The van der Waals surface area contributed by atoms with E-state index in [4.69, 9.17) is 4.42 Å². The van der Waals surface area contributed by atoms with Crippen LogP contribution in [0.25, 0.3) is 5.65 Å². The van der Waals surface area contributed by atoms with Crippen LogP contribution in [0.3, 0.4) is 0 Å². The third-order valence-electron chi connectivity index (χ3n) is 4.14. The Balaban J connectivity index is 1.69. The summed E-state index contributed by atoms with van der Waals surface area (Å²) in [6, 6.07) is 9.53. The lowest BCUT2D eigenvalue weighted by atomic mass is 10.0. The topological polar surface area (TPSA) is 87.1 Å². The van der Waals surface area contributed by atoms with Crippen LogP contribution < -0.4 is 10.6 Å². The normalized spacial score (nSPS) is 14.4. The van der Waals surface area contributed by atoms with Crippen LogP contribution in [0.1, 0.15) is 31.0 Å². The van der Waals surface area contributed by atoms with Crippen LogP contribution in [0, 0.1) is 6.92 Å². The monoisotopic (exact) mass is 355 g/mol. The number of imidazole rings is 1. The van der Waals surface area contributed by atoms with E-state index in [9.17, 15) is 5.11 Å². The lowest BCUT2D eigenvalue weighted by Crippen LogP contribution is -2.44. The maximum absolute atomic E-state index is 10.5. The third kappa shape index (κ3) is 4.05. The van der Waals surface area contributed by atoms with Gasteiger partial charge in [-0.25, -0.2) is 9.98 Å². The Morgan fingerprint density at radius 2 is 2.15 bits per heavy atom. The average molecular weight is 355 g/mol. The minimum Gasteiger partial charge on any atom is -0.466 e. The maximum Gasteiger partial charge on any atom is 0.191 e. The van der Waals surface area contributed by atoms with Gasteiger partial charge in [0, 0.05) is 18.4 Å². The number of furan rings is 1. The molecule has 0 aliphatic heterocycles. The van der Waals surface area contributed by atoms with Crippen molar-refractivity contribution in [2.24, 2.45) is 4.99 Å². The molecule has 0 saturated carbocycles. The molecule has 0 spiro atoms. The van der Waals surface area contributed by atoms with Crippen molar-refractivity contribution in [3.05, 3.63) is 59.9 Å². The van der Waals surface area contributed by atoms with Crippen LogP contribution in [-0.4, -0.2) is 33.5 Å². The molecule has 1 atom stereocenters. The van der Waals surface area contributed by atoms with Crippen LogP contribution in [0.4, 0.5) is 0 Å². The van der Waals surface area contributed by atoms with Crippen LogP contribution in [0.2, 0.25) is 0 Å². The molecule has 0 aromatic carbocycles. The fourth-order valence-corrected chi connectivity index (χ4v) is 2.70. The molecule has 0 bridgehead atoms. The molecular formula is C19H25N5O2. The summed E-state index contributed by atoms with van der Waals surface area (Å²) in [6.07, 6.45) is 3.55. The van der Waals surface area contributed by atoms with Crippen LogP contribution >= 0.6 is 0 Å². The number of rotatable bonds is 6. The summed E-state index contributed by atoms with van der Waals surface area (Å²) in [6.45, 7) is 7.18. The van der Waals surface area contributed by atoms with Crippen molar-refractivity contribution in [2.75, 3.05) is 13.1 Å². The molecule has 0 aliphatic carbocycles. The minimum absolute atomic E-state index is 0.274. The predicted octanol–water partition coefficient (Wildman–Crippen LogP) is 2.20. The van der Waals surface area contributed by atoms with Gasteiger partial charge in [-0.05, 0) is 45.0 Å². The first-order valence-electron chi connectivity index (χ1n) is 8.72. The van der Waals surface area contributed by atoms with Crippen molar-refractivity contribution in [3.8, 4) is 0 Å². The number of pyridine rings is 1. The van der Waals surface area contributed by atoms with E-state index in [2.05, 4.69) is 20.6 Å². The second kappa shape index (κ2) is 7.61. The van der Waals surface area contributed by atoms with Gasteiger partial charge in [0.15, 0.2) is 5.96 Å².